The lowest BCUT2D eigenvalue weighted by Crippen LogP contribution is -2.21. The number of ether oxygens (including phenoxy) is 1. The van der Waals surface area contributed by atoms with Gasteiger partial charge in [-0.15, -0.1) is 11.3 Å². The molecule has 4 nitrogen and oxygen atoms in total. The minimum atomic E-state index is -0.414. The number of thiocarbonyl (C=S) groups is 1. The molecule has 1 aromatic heterocycles. The first-order valence-electron chi connectivity index (χ1n) is 7.43. The van der Waals surface area contributed by atoms with Crippen molar-refractivity contribution < 1.29 is 13.9 Å². The number of rotatable bonds is 5. The summed E-state index contributed by atoms with van der Waals surface area (Å²) in [5.41, 5.74) is 1.67. The van der Waals surface area contributed by atoms with E-state index in [4.69, 9.17) is 17.0 Å². The second-order valence-electron chi connectivity index (χ2n) is 5.61. The second-order valence-corrected chi connectivity index (χ2v) is 6.90. The average Bonchev–Trinajstić information content (AvgIpc) is 2.90. The monoisotopic (exact) mass is 366 g/mol. The third-order valence-electron chi connectivity index (χ3n) is 3.23. The molecular weight excluding hydrogens is 347 g/mol. The van der Waals surface area contributed by atoms with E-state index in [9.17, 15) is 9.18 Å². The molecule has 0 unspecified atom stereocenters. The van der Waals surface area contributed by atoms with Crippen LogP contribution in [0.25, 0.3) is 0 Å². The quantitative estimate of drug-likeness (QED) is 0.594. The van der Waals surface area contributed by atoms with E-state index in [1.807, 2.05) is 5.38 Å². The van der Waals surface area contributed by atoms with Crippen LogP contribution in [0.5, 0.6) is 0 Å². The Kier molecular flexibility index (Phi) is 6.28. The molecule has 0 bridgehead atoms. The van der Waals surface area contributed by atoms with E-state index in [-0.39, 0.29) is 10.8 Å². The maximum absolute atomic E-state index is 13.7. The highest BCUT2D eigenvalue weighted by Gasteiger charge is 2.21. The van der Waals surface area contributed by atoms with Crippen LogP contribution >= 0.6 is 23.6 Å². The number of carbonyl (C=O) groups is 1. The van der Waals surface area contributed by atoms with Gasteiger partial charge in [-0.1, -0.05) is 26.0 Å². The molecule has 0 amide bonds. The zero-order chi connectivity index (χ0) is 17.7. The number of carbonyl (C=O) groups excluding carboxylic acids is 1. The SMILES string of the molecule is COC(=O)c1c(CC(C)C)csc1NC(=S)Nc1ccccc1F. The first-order valence-corrected chi connectivity index (χ1v) is 8.72. The van der Waals surface area contributed by atoms with Crippen molar-refractivity contribution >= 4 is 45.3 Å². The zero-order valence-corrected chi connectivity index (χ0v) is 15.3. The van der Waals surface area contributed by atoms with Crippen molar-refractivity contribution in [2.75, 3.05) is 17.7 Å². The van der Waals surface area contributed by atoms with Crippen molar-refractivity contribution in [3.8, 4) is 0 Å². The summed E-state index contributed by atoms with van der Waals surface area (Å²) in [6.45, 7) is 4.16. The fourth-order valence-corrected chi connectivity index (χ4v) is 3.46. The van der Waals surface area contributed by atoms with E-state index < -0.39 is 11.8 Å². The van der Waals surface area contributed by atoms with Crippen LogP contribution in [-0.2, 0) is 11.2 Å². The fourth-order valence-electron chi connectivity index (χ4n) is 2.22. The first-order chi connectivity index (χ1) is 11.4. The molecule has 1 heterocycles. The van der Waals surface area contributed by atoms with Crippen LogP contribution in [0, 0.1) is 11.7 Å². The standard InChI is InChI=1S/C17H19FN2O2S2/c1-10(2)8-11-9-24-15(14(11)16(21)22-3)20-17(23)19-13-7-5-4-6-12(13)18/h4-7,9-10H,8H2,1-3H3,(H2,19,20,23). The molecule has 0 saturated carbocycles. The van der Waals surface area contributed by atoms with Crippen molar-refractivity contribution in [3.05, 3.63) is 46.6 Å². The Morgan fingerprint density at radius 2 is 2.04 bits per heavy atom. The van der Waals surface area contributed by atoms with E-state index in [0.29, 0.717) is 16.5 Å². The minimum absolute atomic E-state index is 0.211. The summed E-state index contributed by atoms with van der Waals surface area (Å²) in [4.78, 5) is 12.1. The van der Waals surface area contributed by atoms with Crippen LogP contribution in [0.4, 0.5) is 15.1 Å². The average molecular weight is 366 g/mol. The molecule has 0 saturated heterocycles. The van der Waals surface area contributed by atoms with Crippen LogP contribution in [0.2, 0.25) is 0 Å². The molecule has 2 aromatic rings. The molecule has 7 heteroatoms. The molecule has 0 aliphatic heterocycles. The summed E-state index contributed by atoms with van der Waals surface area (Å²) in [6, 6.07) is 6.24. The molecule has 0 aliphatic rings. The van der Waals surface area contributed by atoms with Gasteiger partial charge < -0.3 is 15.4 Å². The molecule has 0 aliphatic carbocycles. The van der Waals surface area contributed by atoms with E-state index in [2.05, 4.69) is 24.5 Å². The highest BCUT2D eigenvalue weighted by atomic mass is 32.1. The second kappa shape index (κ2) is 8.21. The van der Waals surface area contributed by atoms with Crippen LogP contribution in [0.1, 0.15) is 29.8 Å². The molecule has 0 fully saturated rings. The molecule has 0 atom stereocenters. The summed E-state index contributed by atoms with van der Waals surface area (Å²) >= 11 is 6.59. The van der Waals surface area contributed by atoms with Crippen molar-refractivity contribution in [1.29, 1.82) is 0 Å². The van der Waals surface area contributed by atoms with Gasteiger partial charge >= 0.3 is 5.97 Å². The topological polar surface area (TPSA) is 50.4 Å². The fraction of sp³-hybridized carbons (Fsp3) is 0.294. The number of esters is 1. The van der Waals surface area contributed by atoms with E-state index in [1.165, 1.54) is 24.5 Å². The lowest BCUT2D eigenvalue weighted by atomic mass is 10.0. The van der Waals surface area contributed by atoms with Gasteiger partial charge in [0.25, 0.3) is 0 Å². The van der Waals surface area contributed by atoms with Gasteiger partial charge in [0.05, 0.1) is 18.4 Å². The third kappa shape index (κ3) is 4.52. The Hall–Kier alpha value is -1.99. The normalized spacial score (nSPS) is 10.5. The highest BCUT2D eigenvalue weighted by molar-refractivity contribution is 7.80. The Labute approximate surface area is 150 Å². The Bertz CT molecular complexity index is 744. The maximum Gasteiger partial charge on any atom is 0.341 e. The molecule has 2 N–H and O–H groups in total. The van der Waals surface area contributed by atoms with Gasteiger partial charge in [0, 0.05) is 0 Å². The number of methoxy groups -OCH3 is 1. The van der Waals surface area contributed by atoms with Crippen molar-refractivity contribution in [1.82, 2.24) is 0 Å². The molecule has 1 aromatic carbocycles. The van der Waals surface area contributed by atoms with E-state index >= 15 is 0 Å². The number of para-hydroxylation sites is 1. The Morgan fingerprint density at radius 1 is 1.33 bits per heavy atom. The molecule has 0 spiro atoms. The Morgan fingerprint density at radius 3 is 2.67 bits per heavy atom. The summed E-state index contributed by atoms with van der Waals surface area (Å²) in [5.74, 6) is -0.413. The predicted molar refractivity (Wildman–Crippen MR) is 100 cm³/mol. The van der Waals surface area contributed by atoms with Crippen LogP contribution in [-0.4, -0.2) is 18.2 Å². The maximum atomic E-state index is 13.7. The van der Waals surface area contributed by atoms with Gasteiger partial charge in [-0.2, -0.15) is 0 Å². The Balaban J connectivity index is 2.19. The molecule has 0 radical (unpaired) electrons. The highest BCUT2D eigenvalue weighted by Crippen LogP contribution is 2.31. The van der Waals surface area contributed by atoms with Gasteiger partial charge in [-0.05, 0) is 47.6 Å². The van der Waals surface area contributed by atoms with Gasteiger partial charge in [-0.3, -0.25) is 0 Å². The van der Waals surface area contributed by atoms with Gasteiger partial charge in [0.2, 0.25) is 0 Å². The molecule has 128 valence electrons. The number of benzene rings is 1. The summed E-state index contributed by atoms with van der Waals surface area (Å²) < 4.78 is 18.6. The van der Waals surface area contributed by atoms with Crippen molar-refractivity contribution in [2.24, 2.45) is 5.92 Å². The first kappa shape index (κ1) is 18.4. The van der Waals surface area contributed by atoms with Gasteiger partial charge in [0.1, 0.15) is 10.8 Å². The summed E-state index contributed by atoms with van der Waals surface area (Å²) in [5, 5.41) is 8.48. The summed E-state index contributed by atoms with van der Waals surface area (Å²) in [6.07, 6.45) is 0.760. The minimum Gasteiger partial charge on any atom is -0.465 e. The van der Waals surface area contributed by atoms with Crippen LogP contribution in [0.15, 0.2) is 29.6 Å². The molecule has 24 heavy (non-hydrogen) atoms. The van der Waals surface area contributed by atoms with Crippen molar-refractivity contribution in [2.45, 2.75) is 20.3 Å². The third-order valence-corrected chi connectivity index (χ3v) is 4.38. The van der Waals surface area contributed by atoms with Gasteiger partial charge in [-0.25, -0.2) is 9.18 Å². The smallest absolute Gasteiger partial charge is 0.341 e. The largest absolute Gasteiger partial charge is 0.465 e. The predicted octanol–water partition coefficient (Wildman–Crippen LogP) is 4.68. The van der Waals surface area contributed by atoms with Crippen LogP contribution in [0.3, 0.4) is 0 Å². The lowest BCUT2D eigenvalue weighted by Gasteiger charge is -2.12. The van der Waals surface area contributed by atoms with E-state index in [1.54, 1.807) is 18.2 Å². The number of hydrogen-bond donors (Lipinski definition) is 2. The van der Waals surface area contributed by atoms with Gasteiger partial charge in [0.15, 0.2) is 5.11 Å². The van der Waals surface area contributed by atoms with Crippen molar-refractivity contribution in [3.63, 3.8) is 0 Å². The number of anilines is 2. The number of nitrogens with one attached hydrogen (secondary N) is 2. The van der Waals surface area contributed by atoms with Crippen LogP contribution < -0.4 is 10.6 Å². The number of thiophene rings is 1. The number of halogens is 1. The molecule has 2 rings (SSSR count). The molecular formula is C17H19FN2O2S2. The summed E-state index contributed by atoms with van der Waals surface area (Å²) in [7, 11) is 1.35. The number of hydrogen-bond acceptors (Lipinski definition) is 4. The zero-order valence-electron chi connectivity index (χ0n) is 13.7. The lowest BCUT2D eigenvalue weighted by molar-refractivity contribution is 0.0601. The van der Waals surface area contributed by atoms with E-state index in [0.717, 1.165) is 12.0 Å².